The van der Waals surface area contributed by atoms with Crippen molar-refractivity contribution in [3.8, 4) is 11.1 Å². The monoisotopic (exact) mass is 382 g/mol. The molecular weight excluding hydrogens is 360 g/mol. The first-order chi connectivity index (χ1) is 14.6. The molecule has 0 saturated carbocycles. The Hall–Kier alpha value is -3.38. The summed E-state index contributed by atoms with van der Waals surface area (Å²) in [6.07, 6.45) is 5.62. The molecule has 0 saturated heterocycles. The molecule has 30 heavy (non-hydrogen) atoms. The maximum atomic E-state index is 2.42. The lowest BCUT2D eigenvalue weighted by Crippen LogP contribution is -2.24. The van der Waals surface area contributed by atoms with E-state index in [0.717, 1.165) is 6.42 Å². The Morgan fingerprint density at radius 2 is 1.47 bits per heavy atom. The van der Waals surface area contributed by atoms with Crippen molar-refractivity contribution in [2.75, 3.05) is 0 Å². The van der Waals surface area contributed by atoms with E-state index in [4.69, 9.17) is 0 Å². The maximum Gasteiger partial charge on any atom is 0.0165 e. The van der Waals surface area contributed by atoms with Crippen molar-refractivity contribution >= 4 is 38.4 Å². The van der Waals surface area contributed by atoms with Gasteiger partial charge in [-0.15, -0.1) is 0 Å². The molecule has 0 aromatic heterocycles. The van der Waals surface area contributed by atoms with E-state index < -0.39 is 0 Å². The van der Waals surface area contributed by atoms with Crippen LogP contribution in [-0.4, -0.2) is 0 Å². The standard InChI is InChI=1S/C30H22/c1-30(2)25-17-14-20-8-5-7-19-12-15-23(28(25)26(19)20)24-16-13-21-11-10-18-6-3-4-9-22(18)27(21)29(24)30/h3-6,8-17H,7H2,1-2H3. The first-order valence-electron chi connectivity index (χ1n) is 10.9. The van der Waals surface area contributed by atoms with E-state index in [1.807, 2.05) is 0 Å². The van der Waals surface area contributed by atoms with E-state index in [9.17, 15) is 0 Å². The van der Waals surface area contributed by atoms with Crippen molar-refractivity contribution in [1.29, 1.82) is 0 Å². The van der Waals surface area contributed by atoms with E-state index in [2.05, 4.69) is 98.8 Å². The first-order valence-corrected chi connectivity index (χ1v) is 10.9. The number of hydrogen-bond acceptors (Lipinski definition) is 0. The van der Waals surface area contributed by atoms with Crippen LogP contribution in [0.5, 0.6) is 0 Å². The van der Waals surface area contributed by atoms with E-state index in [1.165, 1.54) is 65.7 Å². The molecule has 5 aromatic rings. The van der Waals surface area contributed by atoms with Crippen LogP contribution in [0.2, 0.25) is 0 Å². The van der Waals surface area contributed by atoms with Crippen LogP contribution < -0.4 is 0 Å². The van der Waals surface area contributed by atoms with Gasteiger partial charge in [0.25, 0.3) is 0 Å². The van der Waals surface area contributed by atoms with Gasteiger partial charge in [-0.1, -0.05) is 98.8 Å². The van der Waals surface area contributed by atoms with Gasteiger partial charge in [-0.2, -0.15) is 0 Å². The zero-order valence-electron chi connectivity index (χ0n) is 17.3. The summed E-state index contributed by atoms with van der Waals surface area (Å²) in [6.45, 7) is 4.83. The summed E-state index contributed by atoms with van der Waals surface area (Å²) in [5.74, 6) is 0. The number of hydrogen-bond donors (Lipinski definition) is 0. The van der Waals surface area contributed by atoms with Crippen molar-refractivity contribution in [3.63, 3.8) is 0 Å². The van der Waals surface area contributed by atoms with E-state index in [1.54, 1.807) is 0 Å². The molecule has 0 atom stereocenters. The molecule has 0 fully saturated rings. The van der Waals surface area contributed by atoms with Gasteiger partial charge in [0, 0.05) is 5.41 Å². The van der Waals surface area contributed by atoms with Gasteiger partial charge in [-0.25, -0.2) is 0 Å². The van der Waals surface area contributed by atoms with Crippen LogP contribution in [0.15, 0.2) is 78.9 Å². The van der Waals surface area contributed by atoms with Crippen molar-refractivity contribution < 1.29 is 0 Å². The van der Waals surface area contributed by atoms with E-state index >= 15 is 0 Å². The average Bonchev–Trinajstić information content (AvgIpc) is 2.78. The highest BCUT2D eigenvalue weighted by Gasteiger charge is 2.36. The molecule has 0 spiro atoms. The largest absolute Gasteiger partial charge is 0.0795 e. The molecule has 0 radical (unpaired) electrons. The highest BCUT2D eigenvalue weighted by Crippen LogP contribution is 2.53. The van der Waals surface area contributed by atoms with Crippen LogP contribution in [0.4, 0.5) is 0 Å². The van der Waals surface area contributed by atoms with Crippen LogP contribution in [0.25, 0.3) is 49.5 Å². The van der Waals surface area contributed by atoms with Crippen molar-refractivity contribution in [3.05, 3.63) is 101 Å². The summed E-state index contributed by atoms with van der Waals surface area (Å²) in [4.78, 5) is 0. The molecule has 0 heterocycles. The molecule has 142 valence electrons. The topological polar surface area (TPSA) is 0 Å². The minimum absolute atomic E-state index is 0.0652. The zero-order valence-corrected chi connectivity index (χ0v) is 17.3. The first kappa shape index (κ1) is 16.4. The SMILES string of the molecule is CC1(C)c2ccc3c4c(ccc(c24)-c2ccc4ccc5ccccc5c4c21)CC=C3. The highest BCUT2D eigenvalue weighted by molar-refractivity contribution is 6.16. The van der Waals surface area contributed by atoms with Gasteiger partial charge in [0.05, 0.1) is 0 Å². The van der Waals surface area contributed by atoms with Gasteiger partial charge in [0.2, 0.25) is 0 Å². The second kappa shape index (κ2) is 5.40. The molecule has 5 aromatic carbocycles. The molecule has 2 aliphatic rings. The Kier molecular flexibility index (Phi) is 2.96. The smallest absolute Gasteiger partial charge is 0.0165 e. The van der Waals surface area contributed by atoms with Gasteiger partial charge in [0.15, 0.2) is 0 Å². The third kappa shape index (κ3) is 1.87. The summed E-state index contributed by atoms with van der Waals surface area (Å²) in [6, 6.07) is 27.5. The van der Waals surface area contributed by atoms with Crippen LogP contribution in [0.1, 0.15) is 36.1 Å². The lowest BCUT2D eigenvalue weighted by Gasteiger charge is -2.37. The van der Waals surface area contributed by atoms with Crippen LogP contribution in [0, 0.1) is 0 Å². The summed E-state index contributed by atoms with van der Waals surface area (Å²) in [7, 11) is 0. The fourth-order valence-corrected chi connectivity index (χ4v) is 6.07. The number of benzene rings is 5. The van der Waals surface area contributed by atoms with Crippen LogP contribution >= 0.6 is 0 Å². The molecule has 0 heteroatoms. The van der Waals surface area contributed by atoms with Crippen molar-refractivity contribution in [2.45, 2.75) is 25.7 Å². The van der Waals surface area contributed by atoms with E-state index in [-0.39, 0.29) is 5.41 Å². The second-order valence-electron chi connectivity index (χ2n) is 9.33. The normalized spacial score (nSPS) is 15.7. The third-order valence-electron chi connectivity index (χ3n) is 7.41. The Morgan fingerprint density at radius 1 is 0.667 bits per heavy atom. The quantitative estimate of drug-likeness (QED) is 0.238. The lowest BCUT2D eigenvalue weighted by molar-refractivity contribution is 0.651. The van der Waals surface area contributed by atoms with Crippen LogP contribution in [0.3, 0.4) is 0 Å². The molecule has 0 nitrogen and oxygen atoms in total. The zero-order chi connectivity index (χ0) is 20.0. The van der Waals surface area contributed by atoms with Gasteiger partial charge in [-0.3, -0.25) is 0 Å². The Bertz CT molecular complexity index is 1580. The predicted octanol–water partition coefficient (Wildman–Crippen LogP) is 8.02. The number of rotatable bonds is 0. The highest BCUT2D eigenvalue weighted by atomic mass is 14.4. The van der Waals surface area contributed by atoms with Crippen molar-refractivity contribution in [1.82, 2.24) is 0 Å². The minimum Gasteiger partial charge on any atom is -0.0795 e. The number of allylic oxidation sites excluding steroid dienone is 1. The third-order valence-corrected chi connectivity index (χ3v) is 7.41. The number of fused-ring (bicyclic) bond motifs is 6. The summed E-state index contributed by atoms with van der Waals surface area (Å²) in [5.41, 5.74) is 8.48. The molecular formula is C30H22. The summed E-state index contributed by atoms with van der Waals surface area (Å²) < 4.78 is 0. The molecule has 0 bridgehead atoms. The predicted molar refractivity (Wildman–Crippen MR) is 129 cm³/mol. The average molecular weight is 383 g/mol. The molecule has 0 aliphatic heterocycles. The Labute approximate surface area is 176 Å². The molecule has 0 unspecified atom stereocenters. The second-order valence-corrected chi connectivity index (χ2v) is 9.33. The fourth-order valence-electron chi connectivity index (χ4n) is 6.07. The molecule has 7 rings (SSSR count). The van der Waals surface area contributed by atoms with Gasteiger partial charge in [0.1, 0.15) is 0 Å². The fraction of sp³-hybridized carbons (Fsp3) is 0.133. The van der Waals surface area contributed by atoms with Gasteiger partial charge in [-0.05, 0) is 72.1 Å². The lowest BCUT2D eigenvalue weighted by atomic mass is 9.65. The van der Waals surface area contributed by atoms with Gasteiger partial charge >= 0.3 is 0 Å². The minimum atomic E-state index is -0.0652. The summed E-state index contributed by atoms with van der Waals surface area (Å²) >= 11 is 0. The van der Waals surface area contributed by atoms with Crippen molar-refractivity contribution in [2.24, 2.45) is 0 Å². The molecule has 0 amide bonds. The van der Waals surface area contributed by atoms with E-state index in [0.29, 0.717) is 0 Å². The maximum absolute atomic E-state index is 2.42. The molecule has 2 aliphatic carbocycles. The summed E-state index contributed by atoms with van der Waals surface area (Å²) in [5, 5.41) is 8.34. The van der Waals surface area contributed by atoms with Crippen LogP contribution in [-0.2, 0) is 11.8 Å². The molecule has 0 N–H and O–H groups in total. The van der Waals surface area contributed by atoms with Gasteiger partial charge < -0.3 is 0 Å². The Morgan fingerprint density at radius 3 is 2.40 bits per heavy atom. The Balaban J connectivity index is 1.74.